The highest BCUT2D eigenvalue weighted by Gasteiger charge is 2.20. The lowest BCUT2D eigenvalue weighted by molar-refractivity contribution is -0.150. The van der Waals surface area contributed by atoms with E-state index in [1.54, 1.807) is 0 Å². The number of carbonyl (C=O) groups is 1. The monoisotopic (exact) mass is 250 g/mol. The fourth-order valence-corrected chi connectivity index (χ4v) is 1.45. The highest BCUT2D eigenvalue weighted by Crippen LogP contribution is 2.22. The van der Waals surface area contributed by atoms with Crippen molar-refractivity contribution in [1.29, 1.82) is 0 Å². The molecule has 0 fully saturated rings. The second kappa shape index (κ2) is 5.23. The fourth-order valence-electron chi connectivity index (χ4n) is 1.18. The topological polar surface area (TPSA) is 46.5 Å². The summed E-state index contributed by atoms with van der Waals surface area (Å²) < 4.78 is 30.2. The molecule has 0 amide bonds. The number of rotatable bonds is 3. The standard InChI is InChI=1S/C10H9ClF2O3/c1-16-10(15)9(14)4-6-7(11)2-5(12)3-8(6)13/h2-3,9,14H,4H2,1H3. The first-order valence-electron chi connectivity index (χ1n) is 4.35. The second-order valence-electron chi connectivity index (χ2n) is 3.09. The van der Waals surface area contributed by atoms with Crippen molar-refractivity contribution in [2.24, 2.45) is 0 Å². The van der Waals surface area contributed by atoms with Gasteiger partial charge in [-0.05, 0) is 6.07 Å². The molecule has 3 nitrogen and oxygen atoms in total. The van der Waals surface area contributed by atoms with E-state index in [9.17, 15) is 18.7 Å². The predicted molar refractivity (Wildman–Crippen MR) is 53.1 cm³/mol. The molecule has 0 bridgehead atoms. The van der Waals surface area contributed by atoms with E-state index in [1.807, 2.05) is 0 Å². The van der Waals surface area contributed by atoms with Crippen molar-refractivity contribution < 1.29 is 23.4 Å². The van der Waals surface area contributed by atoms with Crippen LogP contribution in [0.1, 0.15) is 5.56 Å². The highest BCUT2D eigenvalue weighted by molar-refractivity contribution is 6.31. The van der Waals surface area contributed by atoms with Crippen molar-refractivity contribution in [2.75, 3.05) is 7.11 Å². The maximum Gasteiger partial charge on any atom is 0.335 e. The summed E-state index contributed by atoms with van der Waals surface area (Å²) in [6, 6.07) is 1.54. The molecule has 1 N–H and O–H groups in total. The summed E-state index contributed by atoms with van der Waals surface area (Å²) in [6.45, 7) is 0. The van der Waals surface area contributed by atoms with Gasteiger partial charge in [-0.2, -0.15) is 0 Å². The predicted octanol–water partition coefficient (Wildman–Crippen LogP) is 1.69. The summed E-state index contributed by atoms with van der Waals surface area (Å²) >= 11 is 5.58. The average Bonchev–Trinajstić information content (AvgIpc) is 2.21. The number of esters is 1. The molecule has 16 heavy (non-hydrogen) atoms. The molecule has 0 spiro atoms. The van der Waals surface area contributed by atoms with E-state index in [0.29, 0.717) is 6.07 Å². The van der Waals surface area contributed by atoms with Crippen LogP contribution in [0.4, 0.5) is 8.78 Å². The van der Waals surface area contributed by atoms with Gasteiger partial charge in [-0.25, -0.2) is 13.6 Å². The molecule has 0 radical (unpaired) electrons. The third-order valence-electron chi connectivity index (χ3n) is 1.98. The van der Waals surface area contributed by atoms with E-state index in [-0.39, 0.29) is 17.0 Å². The maximum atomic E-state index is 13.3. The van der Waals surface area contributed by atoms with Crippen LogP contribution in [0.2, 0.25) is 5.02 Å². The zero-order chi connectivity index (χ0) is 12.3. The number of hydrogen-bond donors (Lipinski definition) is 1. The summed E-state index contributed by atoms with van der Waals surface area (Å²) in [5.74, 6) is -2.63. The Labute approximate surface area is 95.6 Å². The molecule has 1 atom stereocenters. The van der Waals surface area contributed by atoms with Crippen LogP contribution in [0.15, 0.2) is 12.1 Å². The Kier molecular flexibility index (Phi) is 4.20. The number of halogens is 3. The minimum absolute atomic E-state index is 0.124. The second-order valence-corrected chi connectivity index (χ2v) is 3.50. The van der Waals surface area contributed by atoms with Gasteiger partial charge in [0.15, 0.2) is 6.10 Å². The molecule has 0 saturated carbocycles. The minimum atomic E-state index is -1.53. The zero-order valence-corrected chi connectivity index (χ0v) is 9.09. The number of hydrogen-bond acceptors (Lipinski definition) is 3. The van der Waals surface area contributed by atoms with Gasteiger partial charge in [-0.3, -0.25) is 0 Å². The van der Waals surface area contributed by atoms with Crippen molar-refractivity contribution in [3.05, 3.63) is 34.4 Å². The molecule has 0 heterocycles. The number of ether oxygens (including phenoxy) is 1. The van der Waals surface area contributed by atoms with Gasteiger partial charge in [0.2, 0.25) is 0 Å². The number of aliphatic hydroxyl groups is 1. The summed E-state index contributed by atoms with van der Waals surface area (Å²) in [6.07, 6.45) is -1.89. The molecule has 1 aromatic carbocycles. The minimum Gasteiger partial charge on any atom is -0.467 e. The summed E-state index contributed by atoms with van der Waals surface area (Å²) in [4.78, 5) is 10.9. The first-order chi connectivity index (χ1) is 7.45. The van der Waals surface area contributed by atoms with Crippen LogP contribution in [0.25, 0.3) is 0 Å². The van der Waals surface area contributed by atoms with Crippen LogP contribution in [0.3, 0.4) is 0 Å². The molecule has 0 aliphatic heterocycles. The Morgan fingerprint density at radius 1 is 1.56 bits per heavy atom. The van der Waals surface area contributed by atoms with Gasteiger partial charge in [0.25, 0.3) is 0 Å². The molecule has 0 aromatic heterocycles. The highest BCUT2D eigenvalue weighted by atomic mass is 35.5. The molecule has 6 heteroatoms. The zero-order valence-electron chi connectivity index (χ0n) is 8.34. The van der Waals surface area contributed by atoms with Crippen molar-refractivity contribution in [3.63, 3.8) is 0 Å². The smallest absolute Gasteiger partial charge is 0.335 e. The first kappa shape index (κ1) is 12.9. The van der Waals surface area contributed by atoms with Gasteiger partial charge in [0, 0.05) is 23.1 Å². The van der Waals surface area contributed by atoms with Crippen LogP contribution in [0.5, 0.6) is 0 Å². The van der Waals surface area contributed by atoms with Gasteiger partial charge in [-0.15, -0.1) is 0 Å². The van der Waals surface area contributed by atoms with E-state index in [4.69, 9.17) is 11.6 Å². The first-order valence-corrected chi connectivity index (χ1v) is 4.72. The average molecular weight is 251 g/mol. The van der Waals surface area contributed by atoms with Crippen LogP contribution in [0, 0.1) is 11.6 Å². The molecule has 0 aliphatic rings. The van der Waals surface area contributed by atoms with E-state index in [0.717, 1.165) is 13.2 Å². The number of carbonyl (C=O) groups excluding carboxylic acids is 1. The van der Waals surface area contributed by atoms with Crippen molar-refractivity contribution >= 4 is 17.6 Å². The molecule has 0 saturated heterocycles. The third kappa shape index (κ3) is 2.90. The SMILES string of the molecule is COC(=O)C(O)Cc1c(F)cc(F)cc1Cl. The van der Waals surface area contributed by atoms with E-state index < -0.39 is 23.7 Å². The Morgan fingerprint density at radius 2 is 2.19 bits per heavy atom. The lowest BCUT2D eigenvalue weighted by atomic mass is 10.1. The Morgan fingerprint density at radius 3 is 2.69 bits per heavy atom. The van der Waals surface area contributed by atoms with Gasteiger partial charge >= 0.3 is 5.97 Å². The molecule has 1 rings (SSSR count). The normalized spacial score (nSPS) is 12.3. The maximum absolute atomic E-state index is 13.3. The quantitative estimate of drug-likeness (QED) is 0.831. The molecule has 0 aliphatic carbocycles. The molecular formula is C10H9ClF2O3. The largest absolute Gasteiger partial charge is 0.467 e. The van der Waals surface area contributed by atoms with Crippen LogP contribution in [-0.4, -0.2) is 24.3 Å². The number of benzene rings is 1. The number of methoxy groups -OCH3 is 1. The van der Waals surface area contributed by atoms with Gasteiger partial charge in [-0.1, -0.05) is 11.6 Å². The van der Waals surface area contributed by atoms with Crippen molar-refractivity contribution in [1.82, 2.24) is 0 Å². The lowest BCUT2D eigenvalue weighted by Crippen LogP contribution is -2.24. The van der Waals surface area contributed by atoms with E-state index in [1.165, 1.54) is 0 Å². The summed E-state index contributed by atoms with van der Waals surface area (Å²) in [5, 5.41) is 9.12. The Hall–Kier alpha value is -1.20. The Balaban J connectivity index is 2.93. The molecule has 1 aromatic rings. The molecule has 88 valence electrons. The molecular weight excluding hydrogens is 242 g/mol. The third-order valence-corrected chi connectivity index (χ3v) is 2.31. The van der Waals surface area contributed by atoms with Crippen LogP contribution in [-0.2, 0) is 16.0 Å². The van der Waals surface area contributed by atoms with Gasteiger partial charge in [0.05, 0.1) is 7.11 Å². The molecule has 1 unspecified atom stereocenters. The summed E-state index contributed by atoms with van der Waals surface area (Å²) in [5.41, 5.74) is -0.124. The van der Waals surface area contributed by atoms with Crippen LogP contribution < -0.4 is 0 Å². The van der Waals surface area contributed by atoms with Crippen LogP contribution >= 0.6 is 11.6 Å². The summed E-state index contributed by atoms with van der Waals surface area (Å²) in [7, 11) is 1.09. The van der Waals surface area contributed by atoms with Crippen molar-refractivity contribution in [2.45, 2.75) is 12.5 Å². The van der Waals surface area contributed by atoms with E-state index in [2.05, 4.69) is 4.74 Å². The van der Waals surface area contributed by atoms with E-state index >= 15 is 0 Å². The number of aliphatic hydroxyl groups excluding tert-OH is 1. The van der Waals surface area contributed by atoms with Gasteiger partial charge < -0.3 is 9.84 Å². The van der Waals surface area contributed by atoms with Crippen molar-refractivity contribution in [3.8, 4) is 0 Å². The lowest BCUT2D eigenvalue weighted by Gasteiger charge is -2.10. The van der Waals surface area contributed by atoms with Gasteiger partial charge in [0.1, 0.15) is 11.6 Å². The Bertz CT molecular complexity index is 386. The fraction of sp³-hybridized carbons (Fsp3) is 0.300.